The van der Waals surface area contributed by atoms with Gasteiger partial charge in [0, 0.05) is 17.2 Å². The van der Waals surface area contributed by atoms with Crippen molar-refractivity contribution in [2.45, 2.75) is 6.61 Å². The minimum Gasteiger partial charge on any atom is -0.508 e. The van der Waals surface area contributed by atoms with Crippen LogP contribution in [0.15, 0.2) is 71.8 Å². The first kappa shape index (κ1) is 18.9. The number of ether oxygens (including phenoxy) is 1. The van der Waals surface area contributed by atoms with Gasteiger partial charge in [0.25, 0.3) is 5.91 Å². The fourth-order valence-corrected chi connectivity index (χ4v) is 2.41. The number of hydrogen-bond acceptors (Lipinski definition) is 5. The van der Waals surface area contributed by atoms with E-state index in [2.05, 4.69) is 10.5 Å². The normalized spacial score (nSPS) is 10.8. The van der Waals surface area contributed by atoms with Gasteiger partial charge in [-0.15, -0.1) is 0 Å². The number of phenols is 2. The predicted octanol–water partition coefficient (Wildman–Crippen LogP) is 3.58. The number of nitrogens with one attached hydrogen (secondary N) is 1. The molecule has 3 aromatic carbocycles. The number of para-hydroxylation sites is 1. The van der Waals surface area contributed by atoms with E-state index in [1.807, 2.05) is 0 Å². The molecule has 0 aliphatic heterocycles. The summed E-state index contributed by atoms with van der Waals surface area (Å²) in [4.78, 5) is 12.1. The van der Waals surface area contributed by atoms with Crippen LogP contribution in [0, 0.1) is 5.82 Å². The summed E-state index contributed by atoms with van der Waals surface area (Å²) in [7, 11) is 0. The number of carbonyl (C=O) groups excluding carboxylic acids is 1. The average Bonchev–Trinajstić information content (AvgIpc) is 2.67. The summed E-state index contributed by atoms with van der Waals surface area (Å²) in [6.45, 7) is 0.250. The van der Waals surface area contributed by atoms with Gasteiger partial charge in [-0.3, -0.25) is 4.79 Å². The number of halogens is 1. The number of rotatable bonds is 6. The lowest BCUT2D eigenvalue weighted by molar-refractivity contribution is 0.0954. The Morgan fingerprint density at radius 3 is 2.43 bits per heavy atom. The number of nitrogens with zero attached hydrogens (tertiary/aromatic N) is 1. The van der Waals surface area contributed by atoms with E-state index in [9.17, 15) is 19.4 Å². The lowest BCUT2D eigenvalue weighted by atomic mass is 10.2. The van der Waals surface area contributed by atoms with Gasteiger partial charge in [0.05, 0.1) is 6.21 Å². The molecule has 7 heteroatoms. The Morgan fingerprint density at radius 1 is 1.04 bits per heavy atom. The van der Waals surface area contributed by atoms with Gasteiger partial charge in [0.1, 0.15) is 29.7 Å². The Morgan fingerprint density at radius 2 is 1.71 bits per heavy atom. The van der Waals surface area contributed by atoms with E-state index >= 15 is 0 Å². The van der Waals surface area contributed by atoms with Crippen LogP contribution in [0.3, 0.4) is 0 Å². The largest absolute Gasteiger partial charge is 0.508 e. The van der Waals surface area contributed by atoms with Crippen molar-refractivity contribution < 1.29 is 24.1 Å². The summed E-state index contributed by atoms with van der Waals surface area (Å²) in [5.74, 6) is -0.818. The van der Waals surface area contributed by atoms with E-state index in [0.717, 1.165) is 11.6 Å². The second kappa shape index (κ2) is 8.68. The molecule has 3 N–H and O–H groups in total. The Labute approximate surface area is 160 Å². The molecular weight excluding hydrogens is 363 g/mol. The van der Waals surface area contributed by atoms with Crippen molar-refractivity contribution in [3.05, 3.63) is 89.2 Å². The van der Waals surface area contributed by atoms with Crippen LogP contribution >= 0.6 is 0 Å². The maximum Gasteiger partial charge on any atom is 0.271 e. The lowest BCUT2D eigenvalue weighted by Gasteiger charge is -2.09. The second-order valence-corrected chi connectivity index (χ2v) is 5.89. The zero-order valence-electron chi connectivity index (χ0n) is 14.7. The van der Waals surface area contributed by atoms with Crippen molar-refractivity contribution in [2.24, 2.45) is 5.10 Å². The quantitative estimate of drug-likeness (QED) is 0.450. The maximum atomic E-state index is 13.0. The molecule has 0 saturated heterocycles. The number of hydrogen-bond donors (Lipinski definition) is 3. The highest BCUT2D eigenvalue weighted by Crippen LogP contribution is 2.20. The number of amides is 1. The van der Waals surface area contributed by atoms with E-state index in [4.69, 9.17) is 4.74 Å². The van der Waals surface area contributed by atoms with E-state index in [1.54, 1.807) is 36.4 Å². The third-order valence-electron chi connectivity index (χ3n) is 3.76. The Kier molecular flexibility index (Phi) is 5.86. The summed E-state index contributed by atoms with van der Waals surface area (Å²) < 4.78 is 18.7. The minimum atomic E-state index is -0.591. The molecular formula is C21H17FN2O4. The number of benzene rings is 3. The number of hydrazone groups is 1. The van der Waals surface area contributed by atoms with Gasteiger partial charge in [-0.25, -0.2) is 9.82 Å². The average molecular weight is 380 g/mol. The smallest absolute Gasteiger partial charge is 0.271 e. The molecule has 0 saturated carbocycles. The maximum absolute atomic E-state index is 13.0. The molecule has 0 aliphatic carbocycles. The van der Waals surface area contributed by atoms with Gasteiger partial charge in [-0.2, -0.15) is 5.10 Å². The standard InChI is InChI=1S/C21H17FN2O4/c22-17-7-5-14(6-8-17)13-28-20-4-2-1-3-15(20)12-23-24-21(27)16-9-18(25)11-19(26)10-16/h1-12,25-26H,13H2,(H,24,27)/b23-12+. The highest BCUT2D eigenvalue weighted by molar-refractivity contribution is 5.95. The molecule has 0 aromatic heterocycles. The van der Waals surface area contributed by atoms with Crippen LogP contribution in [-0.4, -0.2) is 22.3 Å². The monoisotopic (exact) mass is 380 g/mol. The summed E-state index contributed by atoms with van der Waals surface area (Å²) in [5.41, 5.74) is 3.82. The van der Waals surface area contributed by atoms with Gasteiger partial charge >= 0.3 is 0 Å². The fraction of sp³-hybridized carbons (Fsp3) is 0.0476. The first-order valence-corrected chi connectivity index (χ1v) is 8.34. The summed E-state index contributed by atoms with van der Waals surface area (Å²) in [6, 6.07) is 16.6. The molecule has 0 bridgehead atoms. The predicted molar refractivity (Wildman–Crippen MR) is 102 cm³/mol. The third-order valence-corrected chi connectivity index (χ3v) is 3.76. The Hall–Kier alpha value is -3.87. The lowest BCUT2D eigenvalue weighted by Crippen LogP contribution is -2.17. The number of phenolic OH excluding ortho intramolecular Hbond substituents is 2. The number of carbonyl (C=O) groups is 1. The highest BCUT2D eigenvalue weighted by Gasteiger charge is 2.08. The van der Waals surface area contributed by atoms with Crippen LogP contribution in [-0.2, 0) is 6.61 Å². The van der Waals surface area contributed by atoms with Crippen molar-refractivity contribution in [2.75, 3.05) is 0 Å². The molecule has 0 radical (unpaired) electrons. The molecule has 0 unspecified atom stereocenters. The first-order chi connectivity index (χ1) is 13.5. The van der Waals surface area contributed by atoms with E-state index < -0.39 is 5.91 Å². The van der Waals surface area contributed by atoms with Crippen LogP contribution in [0.25, 0.3) is 0 Å². The fourth-order valence-electron chi connectivity index (χ4n) is 2.41. The van der Waals surface area contributed by atoms with Crippen molar-refractivity contribution in [1.82, 2.24) is 5.43 Å². The third kappa shape index (κ3) is 5.07. The van der Waals surface area contributed by atoms with Crippen LogP contribution in [0.1, 0.15) is 21.5 Å². The van der Waals surface area contributed by atoms with Crippen molar-refractivity contribution in [3.63, 3.8) is 0 Å². The van der Waals surface area contributed by atoms with Crippen LogP contribution in [0.2, 0.25) is 0 Å². The van der Waals surface area contributed by atoms with Gasteiger partial charge in [0.15, 0.2) is 0 Å². The highest BCUT2D eigenvalue weighted by atomic mass is 19.1. The van der Waals surface area contributed by atoms with E-state index in [1.165, 1.54) is 30.5 Å². The molecule has 6 nitrogen and oxygen atoms in total. The molecule has 3 aromatic rings. The van der Waals surface area contributed by atoms with Gasteiger partial charge in [0.2, 0.25) is 0 Å². The van der Waals surface area contributed by atoms with Crippen LogP contribution in [0.4, 0.5) is 4.39 Å². The summed E-state index contributed by atoms with van der Waals surface area (Å²) in [6.07, 6.45) is 1.42. The second-order valence-electron chi connectivity index (χ2n) is 5.89. The van der Waals surface area contributed by atoms with E-state index in [-0.39, 0.29) is 29.5 Å². The Balaban J connectivity index is 1.65. The summed E-state index contributed by atoms with van der Waals surface area (Å²) >= 11 is 0. The molecule has 142 valence electrons. The van der Waals surface area contributed by atoms with Crippen molar-refractivity contribution in [3.8, 4) is 17.2 Å². The van der Waals surface area contributed by atoms with Crippen LogP contribution < -0.4 is 10.2 Å². The van der Waals surface area contributed by atoms with Gasteiger partial charge in [-0.05, 0) is 42.0 Å². The topological polar surface area (TPSA) is 91.2 Å². The Bertz CT molecular complexity index is 983. The molecule has 0 heterocycles. The molecule has 0 fully saturated rings. The van der Waals surface area contributed by atoms with Crippen LogP contribution in [0.5, 0.6) is 17.2 Å². The first-order valence-electron chi connectivity index (χ1n) is 8.34. The van der Waals surface area contributed by atoms with E-state index in [0.29, 0.717) is 11.3 Å². The molecule has 0 spiro atoms. The van der Waals surface area contributed by atoms with Crippen molar-refractivity contribution >= 4 is 12.1 Å². The summed E-state index contributed by atoms with van der Waals surface area (Å²) in [5, 5.41) is 22.8. The zero-order chi connectivity index (χ0) is 19.9. The molecule has 1 amide bonds. The minimum absolute atomic E-state index is 0.0653. The van der Waals surface area contributed by atoms with Gasteiger partial charge < -0.3 is 14.9 Å². The number of aromatic hydroxyl groups is 2. The molecule has 0 aliphatic rings. The SMILES string of the molecule is O=C(N/N=C/c1ccccc1OCc1ccc(F)cc1)c1cc(O)cc(O)c1. The molecule has 28 heavy (non-hydrogen) atoms. The zero-order valence-corrected chi connectivity index (χ0v) is 14.7. The molecule has 0 atom stereocenters. The van der Waals surface area contributed by atoms with Crippen molar-refractivity contribution in [1.29, 1.82) is 0 Å². The van der Waals surface area contributed by atoms with Gasteiger partial charge in [-0.1, -0.05) is 24.3 Å². The molecule has 3 rings (SSSR count).